The SMILES string of the molecule is CC(=N)/C=N/N=C\C1=[N+]([O-])C(C)(C)N(C)C1(C)C. The molecule has 0 saturated carbocycles. The first-order valence-electron chi connectivity index (χ1n) is 5.82. The van der Waals surface area contributed by atoms with E-state index in [1.807, 2.05) is 39.6 Å². The van der Waals surface area contributed by atoms with Gasteiger partial charge in [0, 0.05) is 19.6 Å². The third-order valence-electron chi connectivity index (χ3n) is 3.50. The minimum atomic E-state index is -0.605. The van der Waals surface area contributed by atoms with Crippen LogP contribution in [0.25, 0.3) is 0 Å². The highest BCUT2D eigenvalue weighted by Gasteiger charge is 2.53. The highest BCUT2D eigenvalue weighted by atomic mass is 16.5. The van der Waals surface area contributed by atoms with Crippen LogP contribution in [0.2, 0.25) is 0 Å². The first kappa shape index (κ1) is 14.5. The van der Waals surface area contributed by atoms with E-state index in [0.29, 0.717) is 11.4 Å². The number of rotatable bonds is 3. The second-order valence-corrected chi connectivity index (χ2v) is 5.46. The van der Waals surface area contributed by atoms with Gasteiger partial charge in [-0.25, -0.2) is 4.90 Å². The summed E-state index contributed by atoms with van der Waals surface area (Å²) in [6.07, 6.45) is 2.81. The van der Waals surface area contributed by atoms with E-state index < -0.39 is 11.2 Å². The maximum absolute atomic E-state index is 12.2. The van der Waals surface area contributed by atoms with Gasteiger partial charge in [0.25, 0.3) is 0 Å². The Morgan fingerprint density at radius 2 is 1.89 bits per heavy atom. The van der Waals surface area contributed by atoms with Crippen LogP contribution in [0, 0.1) is 10.6 Å². The molecule has 6 heteroatoms. The van der Waals surface area contributed by atoms with Gasteiger partial charge in [0.1, 0.15) is 11.8 Å². The van der Waals surface area contributed by atoms with Crippen molar-refractivity contribution < 1.29 is 4.74 Å². The van der Waals surface area contributed by atoms with Crippen LogP contribution in [0.4, 0.5) is 0 Å². The topological polar surface area (TPSA) is 77.9 Å². The molecular formula is C12H21N5O. The molecular weight excluding hydrogens is 230 g/mol. The van der Waals surface area contributed by atoms with Crippen LogP contribution in [-0.2, 0) is 0 Å². The summed E-state index contributed by atoms with van der Waals surface area (Å²) in [6, 6.07) is 0. The maximum atomic E-state index is 12.2. The zero-order valence-corrected chi connectivity index (χ0v) is 11.9. The van der Waals surface area contributed by atoms with E-state index in [9.17, 15) is 5.21 Å². The fourth-order valence-electron chi connectivity index (χ4n) is 1.95. The summed E-state index contributed by atoms with van der Waals surface area (Å²) in [5.41, 5.74) is -0.121. The van der Waals surface area contributed by atoms with Gasteiger partial charge in [-0.05, 0) is 27.8 Å². The van der Waals surface area contributed by atoms with Crippen molar-refractivity contribution in [2.75, 3.05) is 7.05 Å². The van der Waals surface area contributed by atoms with Gasteiger partial charge in [0.05, 0.1) is 6.21 Å². The van der Waals surface area contributed by atoms with Crippen molar-refractivity contribution in [2.24, 2.45) is 10.2 Å². The third-order valence-corrected chi connectivity index (χ3v) is 3.50. The quantitative estimate of drug-likeness (QED) is 0.357. The average molecular weight is 251 g/mol. The second-order valence-electron chi connectivity index (χ2n) is 5.46. The van der Waals surface area contributed by atoms with Crippen molar-refractivity contribution in [2.45, 2.75) is 45.8 Å². The highest BCUT2D eigenvalue weighted by Crippen LogP contribution is 2.31. The molecule has 1 aliphatic heterocycles. The van der Waals surface area contributed by atoms with Gasteiger partial charge in [-0.1, -0.05) is 0 Å². The lowest BCUT2D eigenvalue weighted by atomic mass is 9.98. The van der Waals surface area contributed by atoms with Crippen molar-refractivity contribution in [3.05, 3.63) is 5.21 Å². The number of hydrogen-bond acceptors (Lipinski definition) is 5. The monoisotopic (exact) mass is 251 g/mol. The maximum Gasteiger partial charge on any atom is 0.229 e. The number of nitrogens with zero attached hydrogens (tertiary/aromatic N) is 4. The minimum absolute atomic E-state index is 0.319. The molecule has 0 saturated heterocycles. The Labute approximate surface area is 108 Å². The Hall–Kier alpha value is -1.56. The number of hydrogen-bond donors (Lipinski definition) is 1. The van der Waals surface area contributed by atoms with Crippen LogP contribution in [0.3, 0.4) is 0 Å². The molecule has 0 bridgehead atoms. The van der Waals surface area contributed by atoms with Crippen LogP contribution in [0.1, 0.15) is 34.6 Å². The van der Waals surface area contributed by atoms with Gasteiger partial charge in [-0.3, -0.25) is 0 Å². The first-order valence-corrected chi connectivity index (χ1v) is 5.82. The summed E-state index contributed by atoms with van der Waals surface area (Å²) in [6.45, 7) is 9.29. The Balaban J connectivity index is 3.07. The van der Waals surface area contributed by atoms with Gasteiger partial charge in [0.15, 0.2) is 0 Å². The lowest BCUT2D eigenvalue weighted by Crippen LogP contribution is -2.51. The summed E-state index contributed by atoms with van der Waals surface area (Å²) >= 11 is 0. The smallest absolute Gasteiger partial charge is 0.229 e. The van der Waals surface area contributed by atoms with Crippen LogP contribution < -0.4 is 0 Å². The van der Waals surface area contributed by atoms with Gasteiger partial charge < -0.3 is 10.6 Å². The first-order chi connectivity index (χ1) is 8.11. The van der Waals surface area contributed by atoms with E-state index >= 15 is 0 Å². The largest absolute Gasteiger partial charge is 0.622 e. The molecule has 6 nitrogen and oxygen atoms in total. The van der Waals surface area contributed by atoms with Crippen molar-refractivity contribution in [1.82, 2.24) is 4.90 Å². The molecule has 0 aromatic carbocycles. The average Bonchev–Trinajstić information content (AvgIpc) is 2.35. The van der Waals surface area contributed by atoms with Crippen LogP contribution in [-0.4, -0.2) is 51.7 Å². The molecule has 1 heterocycles. The summed E-state index contributed by atoms with van der Waals surface area (Å²) < 4.78 is 0.962. The minimum Gasteiger partial charge on any atom is -0.622 e. The Kier molecular flexibility index (Phi) is 3.71. The zero-order valence-electron chi connectivity index (χ0n) is 11.9. The Morgan fingerprint density at radius 1 is 1.33 bits per heavy atom. The Morgan fingerprint density at radius 3 is 2.28 bits per heavy atom. The summed E-state index contributed by atoms with van der Waals surface area (Å²) in [5.74, 6) is 0. The second kappa shape index (κ2) is 4.61. The molecule has 1 aliphatic rings. The zero-order chi connectivity index (χ0) is 14.1. The van der Waals surface area contributed by atoms with Crippen LogP contribution in [0.5, 0.6) is 0 Å². The Bertz CT molecular complexity index is 445. The molecule has 0 radical (unpaired) electrons. The molecule has 0 aliphatic carbocycles. The van der Waals surface area contributed by atoms with Crippen molar-refractivity contribution in [3.63, 3.8) is 0 Å². The van der Waals surface area contributed by atoms with Crippen molar-refractivity contribution in [3.8, 4) is 0 Å². The molecule has 100 valence electrons. The van der Waals surface area contributed by atoms with E-state index in [1.165, 1.54) is 12.4 Å². The standard InChI is InChI=1S/C12H21N5O/c1-9(13)7-14-15-8-10-11(2,3)16(6)12(4,5)17(10)18/h7-8,13H,1-6H3/b13-9?,14-7+,15-8-. The fraction of sp³-hybridized carbons (Fsp3) is 0.667. The molecule has 0 spiro atoms. The molecule has 0 atom stereocenters. The molecule has 0 unspecified atom stereocenters. The molecule has 0 aromatic rings. The lowest BCUT2D eigenvalue weighted by molar-refractivity contribution is -0.555. The van der Waals surface area contributed by atoms with Gasteiger partial charge in [-0.2, -0.15) is 14.9 Å². The summed E-state index contributed by atoms with van der Waals surface area (Å²) in [7, 11) is 1.91. The van der Waals surface area contributed by atoms with E-state index in [-0.39, 0.29) is 0 Å². The highest BCUT2D eigenvalue weighted by molar-refractivity contribution is 6.33. The van der Waals surface area contributed by atoms with Crippen LogP contribution in [0.15, 0.2) is 10.2 Å². The number of nitrogens with one attached hydrogen (secondary N) is 1. The molecule has 0 amide bonds. The van der Waals surface area contributed by atoms with E-state index in [4.69, 9.17) is 5.41 Å². The van der Waals surface area contributed by atoms with E-state index in [0.717, 1.165) is 4.74 Å². The predicted octanol–water partition coefficient (Wildman–Crippen LogP) is 1.49. The molecule has 18 heavy (non-hydrogen) atoms. The molecule has 0 aromatic heterocycles. The van der Waals surface area contributed by atoms with Crippen molar-refractivity contribution >= 4 is 23.9 Å². The van der Waals surface area contributed by atoms with Gasteiger partial charge in [-0.15, -0.1) is 0 Å². The number of hydroxylamine groups is 1. The normalized spacial score (nSPS) is 23.4. The van der Waals surface area contributed by atoms with Crippen LogP contribution >= 0.6 is 0 Å². The van der Waals surface area contributed by atoms with E-state index in [1.54, 1.807) is 6.92 Å². The molecule has 1 N–H and O–H groups in total. The summed E-state index contributed by atoms with van der Waals surface area (Å²) in [4.78, 5) is 2.00. The van der Waals surface area contributed by atoms with Gasteiger partial charge in [0.2, 0.25) is 11.4 Å². The fourth-order valence-corrected chi connectivity index (χ4v) is 1.95. The molecule has 1 rings (SSSR count). The summed E-state index contributed by atoms with van der Waals surface area (Å²) in [5, 5.41) is 27.0. The predicted molar refractivity (Wildman–Crippen MR) is 74.9 cm³/mol. The lowest BCUT2D eigenvalue weighted by Gasteiger charge is -2.32. The van der Waals surface area contributed by atoms with Crippen molar-refractivity contribution in [1.29, 1.82) is 5.41 Å². The molecule has 0 fully saturated rings. The van der Waals surface area contributed by atoms with Gasteiger partial charge >= 0.3 is 0 Å². The third kappa shape index (κ3) is 2.33. The van der Waals surface area contributed by atoms with E-state index in [2.05, 4.69) is 10.2 Å².